The molecule has 1 aliphatic rings. The van der Waals surface area contributed by atoms with Gasteiger partial charge in [-0.2, -0.15) is 0 Å². The van der Waals surface area contributed by atoms with Gasteiger partial charge >= 0.3 is 0 Å². The van der Waals surface area contributed by atoms with Crippen LogP contribution in [0.5, 0.6) is 0 Å². The summed E-state index contributed by atoms with van der Waals surface area (Å²) in [7, 11) is 1.55. The molecule has 1 N–H and O–H groups in total. The molecule has 4 rings (SSSR count). The molecule has 0 fully saturated rings. The fourth-order valence-electron chi connectivity index (χ4n) is 4.12. The van der Waals surface area contributed by atoms with Crippen LogP contribution in [-0.2, 0) is 16.1 Å². The molecule has 0 aromatic heterocycles. The number of hydrogen-bond donors (Lipinski definition) is 1. The van der Waals surface area contributed by atoms with Crippen LogP contribution in [0.4, 0.5) is 5.69 Å². The number of hydrogen-bond acceptors (Lipinski definition) is 3. The van der Waals surface area contributed by atoms with Crippen LogP contribution < -0.4 is 10.2 Å². The Morgan fingerprint density at radius 3 is 2.45 bits per heavy atom. The van der Waals surface area contributed by atoms with E-state index >= 15 is 0 Å². The molecule has 3 amide bonds. The van der Waals surface area contributed by atoms with E-state index in [4.69, 9.17) is 0 Å². The molecule has 158 valence electrons. The van der Waals surface area contributed by atoms with Crippen molar-refractivity contribution in [2.75, 3.05) is 18.5 Å². The van der Waals surface area contributed by atoms with Crippen LogP contribution in [0.2, 0.25) is 0 Å². The SMILES string of the molecule is CNC(=O)[C@H](C)N(Cc1ccccc1C)C(=O)CN1C(=O)c2cccc3cccc1c23. The van der Waals surface area contributed by atoms with Gasteiger partial charge in [0.15, 0.2) is 0 Å². The van der Waals surface area contributed by atoms with Gasteiger partial charge in [-0.05, 0) is 42.5 Å². The third-order valence-electron chi connectivity index (χ3n) is 5.96. The molecule has 0 unspecified atom stereocenters. The Bertz CT molecular complexity index is 1180. The van der Waals surface area contributed by atoms with Gasteiger partial charge in [0.05, 0.1) is 5.69 Å². The molecule has 3 aromatic rings. The van der Waals surface area contributed by atoms with Crippen molar-refractivity contribution < 1.29 is 14.4 Å². The highest BCUT2D eigenvalue weighted by Gasteiger charge is 2.34. The molecule has 0 saturated heterocycles. The number of nitrogens with one attached hydrogen (secondary N) is 1. The van der Waals surface area contributed by atoms with Gasteiger partial charge in [0.1, 0.15) is 12.6 Å². The largest absolute Gasteiger partial charge is 0.357 e. The van der Waals surface area contributed by atoms with Crippen LogP contribution >= 0.6 is 0 Å². The number of carbonyl (C=O) groups excluding carboxylic acids is 3. The van der Waals surface area contributed by atoms with Crippen LogP contribution in [0.15, 0.2) is 60.7 Å². The minimum Gasteiger partial charge on any atom is -0.357 e. The molecular formula is C25H25N3O3. The molecule has 1 atom stereocenters. The number of likely N-dealkylation sites (N-methyl/N-ethyl adjacent to an activating group) is 1. The molecular weight excluding hydrogens is 390 g/mol. The average molecular weight is 415 g/mol. The second-order valence-corrected chi connectivity index (χ2v) is 7.81. The Kier molecular flexibility index (Phi) is 5.46. The summed E-state index contributed by atoms with van der Waals surface area (Å²) >= 11 is 0. The first-order valence-electron chi connectivity index (χ1n) is 10.3. The number of carbonyl (C=O) groups is 3. The van der Waals surface area contributed by atoms with Gasteiger partial charge in [-0.3, -0.25) is 19.3 Å². The van der Waals surface area contributed by atoms with Gasteiger partial charge in [0.2, 0.25) is 11.8 Å². The predicted octanol–water partition coefficient (Wildman–Crippen LogP) is 3.27. The number of anilines is 1. The lowest BCUT2D eigenvalue weighted by molar-refractivity contribution is -0.139. The summed E-state index contributed by atoms with van der Waals surface area (Å²) in [6.45, 7) is 3.85. The topological polar surface area (TPSA) is 69.7 Å². The minimum absolute atomic E-state index is 0.125. The van der Waals surface area contributed by atoms with E-state index in [1.165, 1.54) is 9.80 Å². The van der Waals surface area contributed by atoms with E-state index in [1.807, 2.05) is 61.5 Å². The molecule has 6 nitrogen and oxygen atoms in total. The highest BCUT2D eigenvalue weighted by Crippen LogP contribution is 2.37. The summed E-state index contributed by atoms with van der Waals surface area (Å²) in [6.07, 6.45) is 0. The smallest absolute Gasteiger partial charge is 0.259 e. The number of aryl methyl sites for hydroxylation is 1. The van der Waals surface area contributed by atoms with Crippen molar-refractivity contribution in [2.24, 2.45) is 0 Å². The monoisotopic (exact) mass is 415 g/mol. The zero-order valence-corrected chi connectivity index (χ0v) is 17.9. The summed E-state index contributed by atoms with van der Waals surface area (Å²) in [5, 5.41) is 4.45. The van der Waals surface area contributed by atoms with Crippen LogP contribution in [0.3, 0.4) is 0 Å². The van der Waals surface area contributed by atoms with E-state index in [-0.39, 0.29) is 24.3 Å². The van der Waals surface area contributed by atoms with E-state index in [0.29, 0.717) is 12.1 Å². The van der Waals surface area contributed by atoms with Crippen molar-refractivity contribution in [1.29, 1.82) is 0 Å². The Labute approximate surface area is 181 Å². The second kappa shape index (κ2) is 8.22. The Morgan fingerprint density at radius 2 is 1.74 bits per heavy atom. The molecule has 0 bridgehead atoms. The van der Waals surface area contributed by atoms with Crippen LogP contribution in [0.25, 0.3) is 10.8 Å². The lowest BCUT2D eigenvalue weighted by atomic mass is 10.1. The standard InChI is InChI=1S/C25H25N3O3/c1-16-8-4-5-9-19(16)14-27(17(2)24(30)26-3)22(29)15-28-21-13-7-11-18-10-6-12-20(23(18)21)25(28)31/h4-13,17H,14-15H2,1-3H3,(H,26,30)/t17-/m0/s1. The fraction of sp³-hybridized carbons (Fsp3) is 0.240. The summed E-state index contributed by atoms with van der Waals surface area (Å²) in [6, 6.07) is 18.4. The summed E-state index contributed by atoms with van der Waals surface area (Å²) in [5.74, 6) is -0.721. The molecule has 0 saturated carbocycles. The third kappa shape index (κ3) is 3.65. The van der Waals surface area contributed by atoms with Gasteiger partial charge in [-0.25, -0.2) is 0 Å². The Balaban J connectivity index is 1.65. The normalized spacial score (nSPS) is 13.4. The molecule has 0 aliphatic carbocycles. The van der Waals surface area contributed by atoms with Gasteiger partial charge in [0.25, 0.3) is 5.91 Å². The molecule has 6 heteroatoms. The molecule has 31 heavy (non-hydrogen) atoms. The van der Waals surface area contributed by atoms with Crippen molar-refractivity contribution >= 4 is 34.2 Å². The number of nitrogens with zero attached hydrogens (tertiary/aromatic N) is 2. The average Bonchev–Trinajstić information content (AvgIpc) is 3.05. The maximum atomic E-state index is 13.4. The quantitative estimate of drug-likeness (QED) is 0.672. The number of amides is 3. The fourth-order valence-corrected chi connectivity index (χ4v) is 4.12. The number of rotatable bonds is 6. The highest BCUT2D eigenvalue weighted by molar-refractivity contribution is 6.26. The van der Waals surface area contributed by atoms with E-state index in [2.05, 4.69) is 5.32 Å². The lowest BCUT2D eigenvalue weighted by Gasteiger charge is -2.30. The van der Waals surface area contributed by atoms with Gasteiger partial charge in [-0.15, -0.1) is 0 Å². The molecule has 1 heterocycles. The van der Waals surface area contributed by atoms with Crippen LogP contribution in [0.1, 0.15) is 28.4 Å². The Morgan fingerprint density at radius 1 is 1.03 bits per heavy atom. The van der Waals surface area contributed by atoms with Gasteiger partial charge in [0, 0.05) is 24.5 Å². The summed E-state index contributed by atoms with van der Waals surface area (Å²) < 4.78 is 0. The molecule has 0 spiro atoms. The summed E-state index contributed by atoms with van der Waals surface area (Å²) in [4.78, 5) is 42.0. The van der Waals surface area contributed by atoms with Crippen molar-refractivity contribution in [3.8, 4) is 0 Å². The van der Waals surface area contributed by atoms with Crippen molar-refractivity contribution in [3.63, 3.8) is 0 Å². The van der Waals surface area contributed by atoms with Gasteiger partial charge < -0.3 is 10.2 Å². The third-order valence-corrected chi connectivity index (χ3v) is 5.96. The van der Waals surface area contributed by atoms with Crippen molar-refractivity contribution in [1.82, 2.24) is 10.2 Å². The first-order chi connectivity index (χ1) is 14.9. The van der Waals surface area contributed by atoms with Crippen LogP contribution in [-0.4, -0.2) is 42.3 Å². The molecule has 1 aliphatic heterocycles. The maximum absolute atomic E-state index is 13.4. The maximum Gasteiger partial charge on any atom is 0.259 e. The van der Waals surface area contributed by atoms with E-state index < -0.39 is 6.04 Å². The lowest BCUT2D eigenvalue weighted by Crippen LogP contribution is -2.50. The zero-order valence-electron chi connectivity index (χ0n) is 17.9. The predicted molar refractivity (Wildman–Crippen MR) is 121 cm³/mol. The summed E-state index contributed by atoms with van der Waals surface area (Å²) in [5.41, 5.74) is 3.34. The van der Waals surface area contributed by atoms with E-state index in [0.717, 1.165) is 27.6 Å². The molecule has 3 aromatic carbocycles. The minimum atomic E-state index is -0.673. The van der Waals surface area contributed by atoms with Crippen molar-refractivity contribution in [3.05, 3.63) is 77.4 Å². The van der Waals surface area contributed by atoms with Crippen molar-refractivity contribution in [2.45, 2.75) is 26.4 Å². The second-order valence-electron chi connectivity index (χ2n) is 7.81. The van der Waals surface area contributed by atoms with Gasteiger partial charge in [-0.1, -0.05) is 48.5 Å². The van der Waals surface area contributed by atoms with E-state index in [1.54, 1.807) is 20.0 Å². The highest BCUT2D eigenvalue weighted by atomic mass is 16.2. The zero-order chi connectivity index (χ0) is 22.1. The molecule has 0 radical (unpaired) electrons. The van der Waals surface area contributed by atoms with E-state index in [9.17, 15) is 14.4 Å². The first-order valence-corrected chi connectivity index (χ1v) is 10.3. The van der Waals surface area contributed by atoms with Crippen LogP contribution in [0, 0.1) is 6.92 Å². The first kappa shape index (κ1) is 20.6. The Hall–Kier alpha value is -3.67. The number of benzene rings is 3.